The summed E-state index contributed by atoms with van der Waals surface area (Å²) in [6, 6.07) is 0. The third-order valence-electron chi connectivity index (χ3n) is 2.86. The molecule has 3 N–H and O–H groups in total. The Balaban J connectivity index is 2.31. The molecule has 1 atom stereocenters. The Morgan fingerprint density at radius 2 is 2.10 bits per heavy atom. The minimum atomic E-state index is -0.517. The normalized spacial score (nSPS) is 19.8. The molecule has 7 heteroatoms. The maximum Gasteiger partial charge on any atom is 0.410 e. The number of ether oxygens (including phenoxy) is 1. The predicted octanol–water partition coefficient (Wildman–Crippen LogP) is 0.640. The van der Waals surface area contributed by atoms with Crippen LogP contribution in [0.5, 0.6) is 0 Å². The van der Waals surface area contributed by atoms with E-state index in [1.165, 1.54) is 0 Å². The number of piperidine rings is 1. The lowest BCUT2D eigenvalue weighted by atomic mass is 9.99. The molecule has 1 fully saturated rings. The van der Waals surface area contributed by atoms with E-state index in [1.54, 1.807) is 4.90 Å². The summed E-state index contributed by atoms with van der Waals surface area (Å²) >= 11 is 0. The highest BCUT2D eigenvalue weighted by molar-refractivity contribution is 5.74. The molecule has 0 saturated carbocycles. The van der Waals surface area contributed by atoms with Gasteiger partial charge in [-0.1, -0.05) is 0 Å². The number of nitrogens with two attached hydrogens (primary N) is 1. The van der Waals surface area contributed by atoms with Gasteiger partial charge in [0.1, 0.15) is 12.2 Å². The molecule has 0 bridgehead atoms. The van der Waals surface area contributed by atoms with E-state index in [0.717, 1.165) is 12.8 Å². The number of carbonyl (C=O) groups is 2. The van der Waals surface area contributed by atoms with E-state index in [1.807, 2.05) is 20.8 Å². The van der Waals surface area contributed by atoms with Crippen molar-refractivity contribution in [1.82, 2.24) is 10.4 Å². The number of rotatable bonds is 5. The van der Waals surface area contributed by atoms with Gasteiger partial charge in [0.05, 0.1) is 0 Å². The zero-order valence-electron chi connectivity index (χ0n) is 12.5. The van der Waals surface area contributed by atoms with Crippen molar-refractivity contribution < 1.29 is 19.2 Å². The van der Waals surface area contributed by atoms with Crippen LogP contribution < -0.4 is 11.2 Å². The summed E-state index contributed by atoms with van der Waals surface area (Å²) in [5, 5.41) is 0. The largest absolute Gasteiger partial charge is 0.444 e. The zero-order chi connectivity index (χ0) is 15.2. The van der Waals surface area contributed by atoms with Gasteiger partial charge in [0.2, 0.25) is 5.91 Å². The van der Waals surface area contributed by atoms with Gasteiger partial charge < -0.3 is 15.4 Å². The van der Waals surface area contributed by atoms with Crippen molar-refractivity contribution >= 4 is 12.0 Å². The molecule has 0 aliphatic carbocycles. The first-order valence-electron chi connectivity index (χ1n) is 6.89. The van der Waals surface area contributed by atoms with Crippen LogP contribution in [0.4, 0.5) is 4.79 Å². The Kier molecular flexibility index (Phi) is 6.22. The lowest BCUT2D eigenvalue weighted by Gasteiger charge is -2.34. The number of hydrogen-bond donors (Lipinski definition) is 2. The third kappa shape index (κ3) is 6.72. The molecule has 1 rings (SSSR count). The highest BCUT2D eigenvalue weighted by Gasteiger charge is 2.27. The van der Waals surface area contributed by atoms with Crippen LogP contribution in [0.25, 0.3) is 0 Å². The molecule has 0 aromatic heterocycles. The average Bonchev–Trinajstić information content (AvgIpc) is 2.33. The number of carbonyl (C=O) groups excluding carboxylic acids is 2. The number of nitrogens with one attached hydrogen (secondary N) is 1. The van der Waals surface area contributed by atoms with E-state index >= 15 is 0 Å². The molecule has 20 heavy (non-hydrogen) atoms. The average molecular weight is 287 g/mol. The van der Waals surface area contributed by atoms with Crippen molar-refractivity contribution in [3.8, 4) is 0 Å². The maximum absolute atomic E-state index is 12.0. The molecule has 0 spiro atoms. The lowest BCUT2D eigenvalue weighted by Crippen LogP contribution is -2.45. The molecule has 1 aliphatic heterocycles. The number of amides is 2. The van der Waals surface area contributed by atoms with Crippen LogP contribution in [0, 0.1) is 5.92 Å². The minimum absolute atomic E-state index is 0.150. The zero-order valence-corrected chi connectivity index (χ0v) is 12.5. The van der Waals surface area contributed by atoms with Crippen molar-refractivity contribution in [1.29, 1.82) is 0 Å². The highest BCUT2D eigenvalue weighted by atomic mass is 16.6. The quantitative estimate of drug-likeness (QED) is 0.571. The second-order valence-electron chi connectivity index (χ2n) is 6.04. The van der Waals surface area contributed by atoms with Crippen molar-refractivity contribution in [2.24, 2.45) is 11.7 Å². The van der Waals surface area contributed by atoms with E-state index < -0.39 is 11.5 Å². The van der Waals surface area contributed by atoms with Crippen LogP contribution >= 0.6 is 0 Å². The number of primary amides is 1. The number of nitrogens with zero attached hydrogens (tertiary/aromatic N) is 1. The van der Waals surface area contributed by atoms with Gasteiger partial charge in [-0.05, 0) is 39.5 Å². The van der Waals surface area contributed by atoms with Crippen molar-refractivity contribution in [2.45, 2.75) is 39.2 Å². The Labute approximate surface area is 119 Å². The molecule has 0 aromatic carbocycles. The second-order valence-corrected chi connectivity index (χ2v) is 6.04. The third-order valence-corrected chi connectivity index (χ3v) is 2.86. The van der Waals surface area contributed by atoms with Crippen molar-refractivity contribution in [3.05, 3.63) is 0 Å². The van der Waals surface area contributed by atoms with E-state index in [9.17, 15) is 9.59 Å². The lowest BCUT2D eigenvalue weighted by molar-refractivity contribution is -0.125. The Morgan fingerprint density at radius 1 is 1.40 bits per heavy atom. The predicted molar refractivity (Wildman–Crippen MR) is 73.7 cm³/mol. The summed E-state index contributed by atoms with van der Waals surface area (Å²) in [7, 11) is 0. The summed E-state index contributed by atoms with van der Waals surface area (Å²) in [5.41, 5.74) is 7.19. The molecule has 116 valence electrons. The molecule has 2 amide bonds. The van der Waals surface area contributed by atoms with Crippen molar-refractivity contribution in [2.75, 3.05) is 26.2 Å². The number of hydrogen-bond acceptors (Lipinski definition) is 5. The fourth-order valence-corrected chi connectivity index (χ4v) is 2.02. The topological polar surface area (TPSA) is 93.9 Å². The molecule has 7 nitrogen and oxygen atoms in total. The highest BCUT2D eigenvalue weighted by Crippen LogP contribution is 2.18. The summed E-state index contributed by atoms with van der Waals surface area (Å²) in [4.78, 5) is 29.1. The van der Waals surface area contributed by atoms with Crippen LogP contribution in [0.1, 0.15) is 33.6 Å². The second kappa shape index (κ2) is 7.44. The Bertz CT molecular complexity index is 341. The van der Waals surface area contributed by atoms with Gasteiger partial charge in [-0.25, -0.2) is 10.3 Å². The maximum atomic E-state index is 12.0. The first-order valence-corrected chi connectivity index (χ1v) is 6.89. The first kappa shape index (κ1) is 16.7. The van der Waals surface area contributed by atoms with Gasteiger partial charge in [0.25, 0.3) is 0 Å². The van der Waals surface area contributed by atoms with Crippen LogP contribution in [0.2, 0.25) is 0 Å². The fraction of sp³-hybridized carbons (Fsp3) is 0.846. The van der Waals surface area contributed by atoms with Gasteiger partial charge in [-0.15, -0.1) is 0 Å². The van der Waals surface area contributed by atoms with Crippen molar-refractivity contribution in [3.63, 3.8) is 0 Å². The molecule has 0 radical (unpaired) electrons. The van der Waals surface area contributed by atoms with E-state index in [2.05, 4.69) is 5.48 Å². The number of likely N-dealkylation sites (tertiary alicyclic amines) is 1. The molecule has 1 saturated heterocycles. The van der Waals surface area contributed by atoms with Gasteiger partial charge in [0.15, 0.2) is 0 Å². The van der Waals surface area contributed by atoms with Gasteiger partial charge >= 0.3 is 6.09 Å². The summed E-state index contributed by atoms with van der Waals surface area (Å²) in [6.45, 7) is 7.33. The van der Waals surface area contributed by atoms with E-state index in [4.69, 9.17) is 15.3 Å². The van der Waals surface area contributed by atoms with Gasteiger partial charge in [0, 0.05) is 19.6 Å². The van der Waals surface area contributed by atoms with E-state index in [-0.39, 0.29) is 18.6 Å². The monoisotopic (exact) mass is 287 g/mol. The van der Waals surface area contributed by atoms with Crippen LogP contribution in [-0.2, 0) is 14.4 Å². The molecule has 1 unspecified atom stereocenters. The van der Waals surface area contributed by atoms with Crippen LogP contribution in [0.3, 0.4) is 0 Å². The SMILES string of the molecule is CC(C)(C)OC(=O)N1CCCC(CNOCC(N)=O)C1. The van der Waals surface area contributed by atoms with Crippen LogP contribution in [-0.4, -0.2) is 48.7 Å². The Hall–Kier alpha value is -1.34. The fourth-order valence-electron chi connectivity index (χ4n) is 2.02. The summed E-state index contributed by atoms with van der Waals surface area (Å²) in [6.07, 6.45) is 1.66. The number of hydroxylamine groups is 1. The molecule has 1 aliphatic rings. The van der Waals surface area contributed by atoms with Crippen LogP contribution in [0.15, 0.2) is 0 Å². The molecular formula is C13H25N3O4. The Morgan fingerprint density at radius 3 is 2.70 bits per heavy atom. The molecule has 1 heterocycles. The van der Waals surface area contributed by atoms with Gasteiger partial charge in [-0.3, -0.25) is 9.63 Å². The minimum Gasteiger partial charge on any atom is -0.444 e. The molecular weight excluding hydrogens is 262 g/mol. The van der Waals surface area contributed by atoms with E-state index in [0.29, 0.717) is 19.6 Å². The smallest absolute Gasteiger partial charge is 0.410 e. The first-order chi connectivity index (χ1) is 9.28. The summed E-state index contributed by atoms with van der Waals surface area (Å²) < 4.78 is 5.36. The summed E-state index contributed by atoms with van der Waals surface area (Å²) in [5.74, 6) is -0.235. The standard InChI is InChI=1S/C13H25N3O4/c1-13(2,3)20-12(18)16-6-4-5-10(8-16)7-15-19-9-11(14)17/h10,15H,4-9H2,1-3H3,(H2,14,17). The molecule has 0 aromatic rings. The van der Waals surface area contributed by atoms with Gasteiger partial charge in [-0.2, -0.15) is 0 Å².